The maximum atomic E-state index is 12.5. The molecular weight excluding hydrogens is 425 g/mol. The minimum absolute atomic E-state index is 0.0225. The Bertz CT molecular complexity index is 941. The lowest BCUT2D eigenvalue weighted by atomic mass is 9.86. The molecule has 1 heterocycles. The van der Waals surface area contributed by atoms with Crippen molar-refractivity contribution < 1.29 is 4.79 Å². The highest BCUT2D eigenvalue weighted by molar-refractivity contribution is 7.98. The maximum Gasteiger partial charge on any atom is 0.232 e. The van der Waals surface area contributed by atoms with Gasteiger partial charge in [-0.3, -0.25) is 4.79 Å². The monoisotopic (exact) mass is 447 g/mol. The van der Waals surface area contributed by atoms with E-state index in [-0.39, 0.29) is 17.9 Å². The van der Waals surface area contributed by atoms with Gasteiger partial charge in [0.1, 0.15) is 0 Å². The molecule has 0 aliphatic rings. The maximum absolute atomic E-state index is 12.5. The third kappa shape index (κ3) is 6.53. The molecule has 0 saturated heterocycles. The van der Waals surface area contributed by atoms with Gasteiger partial charge in [-0.05, 0) is 73.7 Å². The molecule has 4 nitrogen and oxygen atoms in total. The highest BCUT2D eigenvalue weighted by atomic mass is 35.5. The lowest BCUT2D eigenvalue weighted by molar-refractivity contribution is -0.119. The van der Waals surface area contributed by atoms with Gasteiger partial charge in [0, 0.05) is 28.2 Å². The third-order valence-electron chi connectivity index (χ3n) is 4.69. The lowest BCUT2D eigenvalue weighted by Crippen LogP contribution is -2.39. The van der Waals surface area contributed by atoms with Gasteiger partial charge < -0.3 is 5.32 Å². The first-order valence-electron chi connectivity index (χ1n) is 9.35. The molecule has 3 aromatic rings. The van der Waals surface area contributed by atoms with Gasteiger partial charge >= 0.3 is 0 Å². The van der Waals surface area contributed by atoms with Crippen molar-refractivity contribution in [2.45, 2.75) is 32.2 Å². The number of carbonyl (C=O) groups is 1. The molecule has 0 bridgehead atoms. The second kappa shape index (κ2) is 10.2. The van der Waals surface area contributed by atoms with Crippen LogP contribution in [-0.2, 0) is 11.2 Å². The van der Waals surface area contributed by atoms with Gasteiger partial charge in [-0.15, -0.1) is 0 Å². The molecule has 0 aliphatic carbocycles. The van der Waals surface area contributed by atoms with Crippen molar-refractivity contribution in [3.63, 3.8) is 0 Å². The van der Waals surface area contributed by atoms with Crippen LogP contribution in [0.15, 0.2) is 60.8 Å². The number of rotatable bonds is 8. The van der Waals surface area contributed by atoms with Gasteiger partial charge in [0.05, 0.1) is 11.4 Å². The molecule has 0 fully saturated rings. The average Bonchev–Trinajstić information content (AvgIpc) is 3.12. The first kappa shape index (κ1) is 21.8. The molecular formula is C22H23Cl2N3OS. The summed E-state index contributed by atoms with van der Waals surface area (Å²) < 4.78 is 1.71. The topological polar surface area (TPSA) is 46.9 Å². The summed E-state index contributed by atoms with van der Waals surface area (Å²) >= 11 is 13.5. The predicted molar refractivity (Wildman–Crippen MR) is 122 cm³/mol. The number of hydrogen-bond donors (Lipinski definition) is 1. The van der Waals surface area contributed by atoms with Crippen LogP contribution in [0.3, 0.4) is 0 Å². The molecule has 152 valence electrons. The van der Waals surface area contributed by atoms with E-state index in [1.54, 1.807) is 4.09 Å². The molecule has 0 aliphatic heterocycles. The van der Waals surface area contributed by atoms with E-state index < -0.39 is 0 Å². The number of hydrogen-bond acceptors (Lipinski definition) is 3. The molecule has 1 N–H and O–H groups in total. The smallest absolute Gasteiger partial charge is 0.232 e. The third-order valence-corrected chi connectivity index (χ3v) is 6.05. The van der Waals surface area contributed by atoms with Crippen molar-refractivity contribution in [2.75, 3.05) is 5.75 Å². The second-order valence-corrected chi connectivity index (χ2v) is 8.77. The van der Waals surface area contributed by atoms with E-state index in [1.165, 1.54) is 11.9 Å². The van der Waals surface area contributed by atoms with Crippen LogP contribution in [0.4, 0.5) is 0 Å². The average molecular weight is 448 g/mol. The number of aryl methyl sites for hydroxylation is 1. The summed E-state index contributed by atoms with van der Waals surface area (Å²) in [5, 5.41) is 8.84. The fourth-order valence-corrected chi connectivity index (χ4v) is 4.07. The standard InChI is InChI=1S/C22H23Cl2N3OS/c1-15-11-12-27(26-15)29-14-22(28)25-16(2)21(18-5-9-20(24)10-6-18)13-17-3-7-19(23)8-4-17/h3-12,16,21H,13-14H2,1-2H3,(H,25,28)/t16-,21+/m1/s1. The summed E-state index contributed by atoms with van der Waals surface area (Å²) in [6.45, 7) is 3.96. The van der Waals surface area contributed by atoms with E-state index in [9.17, 15) is 4.79 Å². The van der Waals surface area contributed by atoms with E-state index in [1.807, 2.05) is 74.6 Å². The van der Waals surface area contributed by atoms with Crippen molar-refractivity contribution in [1.82, 2.24) is 14.5 Å². The van der Waals surface area contributed by atoms with E-state index in [4.69, 9.17) is 23.2 Å². The lowest BCUT2D eigenvalue weighted by Gasteiger charge is -2.26. The van der Waals surface area contributed by atoms with Gasteiger partial charge in [-0.1, -0.05) is 47.5 Å². The van der Waals surface area contributed by atoms with Crippen molar-refractivity contribution in [1.29, 1.82) is 0 Å². The fourth-order valence-electron chi connectivity index (χ4n) is 3.15. The molecule has 0 radical (unpaired) electrons. The van der Waals surface area contributed by atoms with Gasteiger partial charge in [-0.25, -0.2) is 4.09 Å². The molecule has 2 atom stereocenters. The van der Waals surface area contributed by atoms with Crippen molar-refractivity contribution in [2.24, 2.45) is 0 Å². The number of nitrogens with one attached hydrogen (secondary N) is 1. The normalized spacial score (nSPS) is 13.1. The molecule has 7 heteroatoms. The summed E-state index contributed by atoms with van der Waals surface area (Å²) in [4.78, 5) is 12.5. The summed E-state index contributed by atoms with van der Waals surface area (Å²) in [7, 11) is 0. The summed E-state index contributed by atoms with van der Waals surface area (Å²) in [5.41, 5.74) is 3.22. The van der Waals surface area contributed by atoms with Crippen LogP contribution in [0, 0.1) is 6.92 Å². The summed E-state index contributed by atoms with van der Waals surface area (Å²) in [6.07, 6.45) is 2.64. The van der Waals surface area contributed by atoms with Crippen LogP contribution in [-0.4, -0.2) is 26.9 Å². The number of aromatic nitrogens is 2. The Morgan fingerprint density at radius 1 is 1.07 bits per heavy atom. The summed E-state index contributed by atoms with van der Waals surface area (Å²) in [5.74, 6) is 0.389. The second-order valence-electron chi connectivity index (χ2n) is 6.98. The number of amides is 1. The Morgan fingerprint density at radius 3 is 2.28 bits per heavy atom. The molecule has 1 amide bonds. The van der Waals surface area contributed by atoms with Crippen LogP contribution in [0.5, 0.6) is 0 Å². The van der Waals surface area contributed by atoms with Crippen LogP contribution in [0.2, 0.25) is 10.0 Å². The Balaban J connectivity index is 1.69. The first-order chi connectivity index (χ1) is 13.9. The number of benzene rings is 2. The highest BCUT2D eigenvalue weighted by Crippen LogP contribution is 2.27. The quantitative estimate of drug-likeness (QED) is 0.493. The van der Waals surface area contributed by atoms with E-state index in [0.29, 0.717) is 15.8 Å². The number of nitrogens with zero attached hydrogens (tertiary/aromatic N) is 2. The molecule has 2 aromatic carbocycles. The van der Waals surface area contributed by atoms with Crippen LogP contribution in [0.1, 0.15) is 29.7 Å². The zero-order chi connectivity index (χ0) is 20.8. The Labute approximate surface area is 185 Å². The minimum atomic E-state index is -0.0562. The van der Waals surface area contributed by atoms with Gasteiger partial charge in [0.25, 0.3) is 0 Å². The van der Waals surface area contributed by atoms with Gasteiger partial charge in [0.15, 0.2) is 0 Å². The minimum Gasteiger partial charge on any atom is -0.352 e. The largest absolute Gasteiger partial charge is 0.352 e. The molecule has 0 unspecified atom stereocenters. The summed E-state index contributed by atoms with van der Waals surface area (Å²) in [6, 6.07) is 17.5. The van der Waals surface area contributed by atoms with Crippen molar-refractivity contribution >= 4 is 41.1 Å². The Kier molecular flexibility index (Phi) is 7.64. The van der Waals surface area contributed by atoms with Crippen LogP contribution < -0.4 is 5.32 Å². The van der Waals surface area contributed by atoms with Gasteiger partial charge in [0.2, 0.25) is 5.91 Å². The van der Waals surface area contributed by atoms with Gasteiger partial charge in [-0.2, -0.15) is 5.10 Å². The Morgan fingerprint density at radius 2 is 1.69 bits per heavy atom. The zero-order valence-electron chi connectivity index (χ0n) is 16.3. The van der Waals surface area contributed by atoms with E-state index in [2.05, 4.69) is 10.4 Å². The zero-order valence-corrected chi connectivity index (χ0v) is 18.6. The SMILES string of the molecule is Cc1ccn(SCC(=O)N[C@H](C)[C@H](Cc2ccc(Cl)cc2)c2ccc(Cl)cc2)n1. The van der Waals surface area contributed by atoms with E-state index in [0.717, 1.165) is 23.2 Å². The number of halogens is 2. The molecule has 1 aromatic heterocycles. The van der Waals surface area contributed by atoms with Crippen LogP contribution in [0.25, 0.3) is 0 Å². The van der Waals surface area contributed by atoms with Crippen molar-refractivity contribution in [3.8, 4) is 0 Å². The predicted octanol–water partition coefficient (Wildman–Crippen LogP) is 5.53. The molecule has 0 spiro atoms. The van der Waals surface area contributed by atoms with E-state index >= 15 is 0 Å². The number of carbonyl (C=O) groups excluding carboxylic acids is 1. The first-order valence-corrected chi connectivity index (χ1v) is 11.1. The molecule has 3 rings (SSSR count). The Hall–Kier alpha value is -1.95. The molecule has 29 heavy (non-hydrogen) atoms. The fraction of sp³-hybridized carbons (Fsp3) is 0.273. The molecule has 0 saturated carbocycles. The van der Waals surface area contributed by atoms with Crippen LogP contribution >= 0.6 is 35.1 Å². The highest BCUT2D eigenvalue weighted by Gasteiger charge is 2.22. The van der Waals surface area contributed by atoms with Crippen molar-refractivity contribution in [3.05, 3.63) is 87.7 Å².